The molecular formula is C35H43N7O3S. The second kappa shape index (κ2) is 13.3. The van der Waals surface area contributed by atoms with Crippen molar-refractivity contribution < 1.29 is 12.9 Å². The Morgan fingerprint density at radius 2 is 1.78 bits per heavy atom. The number of nitrogens with one attached hydrogen (secondary N) is 1. The van der Waals surface area contributed by atoms with Crippen LogP contribution in [0.5, 0.6) is 0 Å². The van der Waals surface area contributed by atoms with Crippen LogP contribution in [-0.4, -0.2) is 63.1 Å². The van der Waals surface area contributed by atoms with Crippen LogP contribution in [0.15, 0.2) is 64.3 Å². The Kier molecular flexibility index (Phi) is 9.24. The molecule has 4 aromatic heterocycles. The molecule has 5 aromatic rings. The maximum absolute atomic E-state index is 14.1. The van der Waals surface area contributed by atoms with Crippen LogP contribution in [0.2, 0.25) is 0 Å². The SMILES string of the molecule is CC.CCCc1cnc(NC2CC3CCN(CC3)C2)nc1-c1cn(S(=O)(=O)c2ccccc2)c2nc(-c3c(C)noc3C)ccc12. The highest BCUT2D eigenvalue weighted by Crippen LogP contribution is 2.36. The molecular weight excluding hydrogens is 598 g/mol. The van der Waals surface area contributed by atoms with Gasteiger partial charge in [0.2, 0.25) is 5.95 Å². The van der Waals surface area contributed by atoms with Crippen LogP contribution in [-0.2, 0) is 16.4 Å². The Balaban J connectivity index is 0.00000182. The molecule has 1 aromatic carbocycles. The second-order valence-corrected chi connectivity index (χ2v) is 13.9. The lowest BCUT2D eigenvalue weighted by Crippen LogP contribution is -2.35. The minimum Gasteiger partial charge on any atom is -0.361 e. The second-order valence-electron chi connectivity index (χ2n) is 12.1. The Hall–Kier alpha value is -4.09. The van der Waals surface area contributed by atoms with Crippen LogP contribution in [0.25, 0.3) is 33.5 Å². The van der Waals surface area contributed by atoms with E-state index in [4.69, 9.17) is 19.5 Å². The van der Waals surface area contributed by atoms with Crippen LogP contribution in [0.3, 0.4) is 0 Å². The van der Waals surface area contributed by atoms with Crippen LogP contribution < -0.4 is 5.32 Å². The Morgan fingerprint density at radius 3 is 2.48 bits per heavy atom. The first-order chi connectivity index (χ1) is 22.3. The first-order valence-electron chi connectivity index (χ1n) is 16.4. The number of piperidine rings is 1. The molecule has 46 heavy (non-hydrogen) atoms. The maximum atomic E-state index is 14.1. The molecule has 7 heterocycles. The normalized spacial score (nSPS) is 19.5. The van der Waals surface area contributed by atoms with Crippen molar-refractivity contribution in [1.82, 2.24) is 29.0 Å². The number of benzene rings is 1. The predicted molar refractivity (Wildman–Crippen MR) is 181 cm³/mol. The summed E-state index contributed by atoms with van der Waals surface area (Å²) in [5, 5.41) is 8.41. The molecule has 0 spiro atoms. The van der Waals surface area contributed by atoms with Gasteiger partial charge < -0.3 is 14.7 Å². The van der Waals surface area contributed by atoms with Gasteiger partial charge in [0, 0.05) is 35.9 Å². The minimum absolute atomic E-state index is 0.185. The summed E-state index contributed by atoms with van der Waals surface area (Å²) in [4.78, 5) is 17.4. The predicted octanol–water partition coefficient (Wildman–Crippen LogP) is 6.88. The summed E-state index contributed by atoms with van der Waals surface area (Å²) in [7, 11) is -3.98. The standard InChI is InChI=1S/C33H37N7O3S.C2H6/c1-4-8-24-18-34-33(35-25-17-23-13-15-39(19-25)16-14-23)37-31(24)28-20-40(44(41,42)26-9-6-5-7-10-26)32-27(28)11-12-29(36-32)30-21(2)38-43-22(30)3;1-2/h5-7,9-12,18,20,23,25H,4,8,13-17,19H2,1-3H3,(H,34,35,37);1-2H3. The fraction of sp³-hybridized carbons (Fsp3) is 0.429. The molecule has 1 atom stereocenters. The summed E-state index contributed by atoms with van der Waals surface area (Å²) in [6.07, 6.45) is 8.82. The zero-order valence-corrected chi connectivity index (χ0v) is 28.1. The van der Waals surface area contributed by atoms with E-state index < -0.39 is 10.0 Å². The van der Waals surface area contributed by atoms with Crippen LogP contribution in [0, 0.1) is 19.8 Å². The summed E-state index contributed by atoms with van der Waals surface area (Å²) < 4.78 is 34.9. The van der Waals surface area contributed by atoms with E-state index in [0.29, 0.717) is 39.7 Å². The van der Waals surface area contributed by atoms with E-state index in [1.165, 1.54) is 16.8 Å². The molecule has 0 saturated carbocycles. The van der Waals surface area contributed by atoms with E-state index >= 15 is 0 Å². The molecule has 10 nitrogen and oxygen atoms in total. The molecule has 0 amide bonds. The summed E-state index contributed by atoms with van der Waals surface area (Å²) in [5.41, 5.74) is 4.76. The lowest BCUT2D eigenvalue weighted by atomic mass is 9.94. The summed E-state index contributed by atoms with van der Waals surface area (Å²) in [5.74, 6) is 1.92. The highest BCUT2D eigenvalue weighted by Gasteiger charge is 2.30. The number of fused-ring (bicyclic) bond motifs is 5. The quantitative estimate of drug-likeness (QED) is 0.193. The van der Waals surface area contributed by atoms with E-state index in [0.717, 1.165) is 61.6 Å². The zero-order valence-electron chi connectivity index (χ0n) is 27.3. The highest BCUT2D eigenvalue weighted by atomic mass is 32.2. The van der Waals surface area contributed by atoms with E-state index in [1.54, 1.807) is 36.5 Å². The van der Waals surface area contributed by atoms with Crippen molar-refractivity contribution in [2.24, 2.45) is 5.92 Å². The third-order valence-electron chi connectivity index (χ3n) is 8.99. The maximum Gasteiger partial charge on any atom is 0.269 e. The monoisotopic (exact) mass is 641 g/mol. The van der Waals surface area contributed by atoms with Crippen molar-refractivity contribution in [2.45, 2.75) is 77.7 Å². The first-order valence-corrected chi connectivity index (χ1v) is 17.9. The number of nitrogens with zero attached hydrogens (tertiary/aromatic N) is 6. The lowest BCUT2D eigenvalue weighted by Gasteiger charge is -2.26. The molecule has 1 N–H and O–H groups in total. The van der Waals surface area contributed by atoms with Crippen molar-refractivity contribution in [3.8, 4) is 22.5 Å². The number of anilines is 1. The highest BCUT2D eigenvalue weighted by molar-refractivity contribution is 7.90. The zero-order chi connectivity index (χ0) is 32.4. The Labute approximate surface area is 271 Å². The van der Waals surface area contributed by atoms with Gasteiger partial charge in [-0.1, -0.05) is 50.5 Å². The summed E-state index contributed by atoms with van der Waals surface area (Å²) >= 11 is 0. The third-order valence-corrected chi connectivity index (χ3v) is 10.6. The van der Waals surface area contributed by atoms with Crippen molar-refractivity contribution in [3.05, 3.63) is 71.9 Å². The number of hydrogen-bond donors (Lipinski definition) is 1. The molecule has 3 aliphatic rings. The number of rotatable bonds is 8. The molecule has 0 aliphatic carbocycles. The summed E-state index contributed by atoms with van der Waals surface area (Å²) in [6.45, 7) is 13.1. The molecule has 3 saturated heterocycles. The van der Waals surface area contributed by atoms with Crippen LogP contribution in [0.4, 0.5) is 5.95 Å². The lowest BCUT2D eigenvalue weighted by molar-refractivity contribution is 0.223. The van der Waals surface area contributed by atoms with Gasteiger partial charge in [0.25, 0.3) is 10.0 Å². The molecule has 242 valence electrons. The van der Waals surface area contributed by atoms with Crippen LogP contribution in [0.1, 0.15) is 63.5 Å². The molecule has 1 unspecified atom stereocenters. The average molecular weight is 642 g/mol. The van der Waals surface area contributed by atoms with Gasteiger partial charge in [0.1, 0.15) is 5.76 Å². The fourth-order valence-corrected chi connectivity index (χ4v) is 8.12. The van der Waals surface area contributed by atoms with Crippen LogP contribution >= 0.6 is 0 Å². The van der Waals surface area contributed by atoms with E-state index in [-0.39, 0.29) is 10.9 Å². The molecule has 11 heteroatoms. The average Bonchev–Trinajstić information content (AvgIpc) is 3.47. The van der Waals surface area contributed by atoms with E-state index in [1.807, 2.05) is 46.0 Å². The topological polar surface area (TPSA) is 119 Å². The smallest absolute Gasteiger partial charge is 0.269 e. The molecule has 8 rings (SSSR count). The van der Waals surface area contributed by atoms with Gasteiger partial charge in [-0.05, 0) is 88.4 Å². The van der Waals surface area contributed by atoms with Gasteiger partial charge in [-0.25, -0.2) is 27.3 Å². The third kappa shape index (κ3) is 6.05. The molecule has 3 fully saturated rings. The Morgan fingerprint density at radius 1 is 1.02 bits per heavy atom. The van der Waals surface area contributed by atoms with Crippen molar-refractivity contribution >= 4 is 27.0 Å². The van der Waals surface area contributed by atoms with Crippen molar-refractivity contribution in [2.75, 3.05) is 25.0 Å². The fourth-order valence-electron chi connectivity index (χ4n) is 6.78. The number of aryl methyl sites for hydroxylation is 3. The van der Waals surface area contributed by atoms with Gasteiger partial charge in [0.05, 0.1) is 27.5 Å². The van der Waals surface area contributed by atoms with E-state index in [2.05, 4.69) is 22.3 Å². The van der Waals surface area contributed by atoms with E-state index in [9.17, 15) is 8.42 Å². The van der Waals surface area contributed by atoms with Gasteiger partial charge in [-0.3, -0.25) is 0 Å². The number of hydrogen-bond acceptors (Lipinski definition) is 9. The molecule has 2 bridgehead atoms. The summed E-state index contributed by atoms with van der Waals surface area (Å²) in [6, 6.07) is 12.5. The number of pyridine rings is 1. The van der Waals surface area contributed by atoms with Gasteiger partial charge in [0.15, 0.2) is 5.65 Å². The number of aromatic nitrogens is 5. The van der Waals surface area contributed by atoms with Gasteiger partial charge in [-0.2, -0.15) is 0 Å². The first kappa shape index (κ1) is 31.9. The van der Waals surface area contributed by atoms with Crippen molar-refractivity contribution in [3.63, 3.8) is 0 Å². The minimum atomic E-state index is -3.98. The molecule has 0 radical (unpaired) electrons. The largest absolute Gasteiger partial charge is 0.361 e. The van der Waals surface area contributed by atoms with Crippen molar-refractivity contribution in [1.29, 1.82) is 0 Å². The molecule has 3 aliphatic heterocycles. The van der Waals surface area contributed by atoms with Gasteiger partial charge >= 0.3 is 0 Å². The Bertz CT molecular complexity index is 1890. The van der Waals surface area contributed by atoms with Gasteiger partial charge in [-0.15, -0.1) is 0 Å².